The Morgan fingerprint density at radius 3 is 2.93 bits per heavy atom. The van der Waals surface area contributed by atoms with E-state index in [1.807, 2.05) is 25.4 Å². The third kappa shape index (κ3) is 4.53. The Kier molecular flexibility index (Phi) is 5.16. The fourth-order valence-corrected chi connectivity index (χ4v) is 3.26. The second kappa shape index (κ2) is 7.90. The number of carbonyl (C=O) groups excluding carboxylic acids is 1. The standard InChI is InChI=1S/C21H24N6O2/c1-13(2)19-4-5-22-20(26-19)25-17-7-14(3)6-15(8-17)16-9-24-27(11-16)12-18-10-23-21(28)29-18/h4-9,11,13,18H,10,12H2,1-3H3,(H,23,28)(H,22,25,26). The number of carbonyl (C=O) groups is 1. The van der Waals surface area contributed by atoms with Crippen LogP contribution in [-0.4, -0.2) is 38.5 Å². The summed E-state index contributed by atoms with van der Waals surface area (Å²) < 4.78 is 6.97. The van der Waals surface area contributed by atoms with Crippen LogP contribution in [-0.2, 0) is 11.3 Å². The molecule has 0 bridgehead atoms. The summed E-state index contributed by atoms with van der Waals surface area (Å²) in [4.78, 5) is 20.1. The minimum Gasteiger partial charge on any atom is -0.442 e. The van der Waals surface area contributed by atoms with Gasteiger partial charge in [0.15, 0.2) is 0 Å². The van der Waals surface area contributed by atoms with E-state index in [1.54, 1.807) is 10.9 Å². The average Bonchev–Trinajstić information content (AvgIpc) is 3.31. The molecule has 150 valence electrons. The average molecular weight is 392 g/mol. The first kappa shape index (κ1) is 18.9. The van der Waals surface area contributed by atoms with Crippen molar-refractivity contribution in [3.05, 3.63) is 54.1 Å². The highest BCUT2D eigenvalue weighted by atomic mass is 16.6. The Balaban J connectivity index is 1.53. The third-order valence-corrected chi connectivity index (χ3v) is 4.71. The van der Waals surface area contributed by atoms with E-state index in [1.165, 1.54) is 0 Å². The minimum absolute atomic E-state index is 0.199. The smallest absolute Gasteiger partial charge is 0.407 e. The van der Waals surface area contributed by atoms with Gasteiger partial charge in [-0.05, 0) is 42.2 Å². The molecule has 1 fully saturated rings. The number of alkyl carbamates (subject to hydrolysis) is 1. The zero-order valence-electron chi connectivity index (χ0n) is 16.7. The number of amides is 1. The molecule has 4 rings (SSSR count). The third-order valence-electron chi connectivity index (χ3n) is 4.71. The van der Waals surface area contributed by atoms with Crippen LogP contribution < -0.4 is 10.6 Å². The van der Waals surface area contributed by atoms with Gasteiger partial charge in [0.05, 0.1) is 19.3 Å². The van der Waals surface area contributed by atoms with Gasteiger partial charge < -0.3 is 15.4 Å². The first-order valence-electron chi connectivity index (χ1n) is 9.65. The van der Waals surface area contributed by atoms with Crippen molar-refractivity contribution in [3.63, 3.8) is 0 Å². The van der Waals surface area contributed by atoms with Crippen molar-refractivity contribution < 1.29 is 9.53 Å². The van der Waals surface area contributed by atoms with E-state index in [0.29, 0.717) is 25.0 Å². The van der Waals surface area contributed by atoms with Gasteiger partial charge in [-0.25, -0.2) is 14.8 Å². The number of anilines is 2. The largest absolute Gasteiger partial charge is 0.442 e. The number of aryl methyl sites for hydroxylation is 1. The second-order valence-corrected chi connectivity index (χ2v) is 7.53. The maximum atomic E-state index is 11.2. The normalized spacial score (nSPS) is 16.0. The molecule has 0 saturated carbocycles. The van der Waals surface area contributed by atoms with Crippen LogP contribution in [0.2, 0.25) is 0 Å². The summed E-state index contributed by atoms with van der Waals surface area (Å²) in [5.41, 5.74) is 5.07. The number of rotatable bonds is 6. The molecule has 1 aliphatic heterocycles. The van der Waals surface area contributed by atoms with Crippen molar-refractivity contribution in [2.24, 2.45) is 0 Å². The Hall–Kier alpha value is -3.42. The highest BCUT2D eigenvalue weighted by Gasteiger charge is 2.23. The molecular weight excluding hydrogens is 368 g/mol. The van der Waals surface area contributed by atoms with Gasteiger partial charge in [-0.3, -0.25) is 4.68 Å². The molecule has 3 aromatic rings. The maximum absolute atomic E-state index is 11.2. The molecular formula is C21H24N6O2. The maximum Gasteiger partial charge on any atom is 0.407 e. The molecule has 1 unspecified atom stereocenters. The lowest BCUT2D eigenvalue weighted by atomic mass is 10.1. The van der Waals surface area contributed by atoms with E-state index >= 15 is 0 Å². The van der Waals surface area contributed by atoms with Crippen LogP contribution in [0.1, 0.15) is 31.0 Å². The Morgan fingerprint density at radius 2 is 2.17 bits per heavy atom. The van der Waals surface area contributed by atoms with E-state index in [-0.39, 0.29) is 12.2 Å². The fourth-order valence-electron chi connectivity index (χ4n) is 3.26. The van der Waals surface area contributed by atoms with Crippen molar-refractivity contribution in [1.82, 2.24) is 25.1 Å². The van der Waals surface area contributed by atoms with Crippen LogP contribution in [0.4, 0.5) is 16.4 Å². The fraction of sp³-hybridized carbons (Fsp3) is 0.333. The van der Waals surface area contributed by atoms with E-state index in [4.69, 9.17) is 4.74 Å². The first-order chi connectivity index (χ1) is 14.0. The van der Waals surface area contributed by atoms with Crippen molar-refractivity contribution in [1.29, 1.82) is 0 Å². The quantitative estimate of drug-likeness (QED) is 0.665. The summed E-state index contributed by atoms with van der Waals surface area (Å²) in [6.07, 6.45) is 4.98. The molecule has 8 heteroatoms. The molecule has 0 radical (unpaired) electrons. The van der Waals surface area contributed by atoms with Crippen LogP contribution in [0.15, 0.2) is 42.9 Å². The summed E-state index contributed by atoms with van der Waals surface area (Å²) >= 11 is 0. The summed E-state index contributed by atoms with van der Waals surface area (Å²) in [6.45, 7) is 7.29. The van der Waals surface area contributed by atoms with Gasteiger partial charge in [-0.15, -0.1) is 0 Å². The first-order valence-corrected chi connectivity index (χ1v) is 9.65. The van der Waals surface area contributed by atoms with E-state index < -0.39 is 0 Å². The molecule has 1 aliphatic rings. The Labute approximate surface area is 169 Å². The SMILES string of the molecule is Cc1cc(Nc2nccc(C(C)C)n2)cc(-c2cnn(CC3CNC(=O)O3)c2)c1. The van der Waals surface area contributed by atoms with Crippen LogP contribution in [0.25, 0.3) is 11.1 Å². The summed E-state index contributed by atoms with van der Waals surface area (Å²) in [7, 11) is 0. The van der Waals surface area contributed by atoms with Gasteiger partial charge in [0.1, 0.15) is 6.10 Å². The lowest BCUT2D eigenvalue weighted by Gasteiger charge is -2.10. The summed E-state index contributed by atoms with van der Waals surface area (Å²) in [5, 5.41) is 10.4. The number of cyclic esters (lactones) is 1. The van der Waals surface area contributed by atoms with Crippen LogP contribution in [0.3, 0.4) is 0 Å². The topological polar surface area (TPSA) is 94.0 Å². The number of hydrogen-bond donors (Lipinski definition) is 2. The predicted molar refractivity (Wildman–Crippen MR) is 110 cm³/mol. The van der Waals surface area contributed by atoms with Gasteiger partial charge in [-0.1, -0.05) is 19.9 Å². The van der Waals surface area contributed by atoms with Gasteiger partial charge in [0, 0.05) is 29.3 Å². The van der Waals surface area contributed by atoms with Crippen molar-refractivity contribution in [2.45, 2.75) is 39.3 Å². The number of hydrogen-bond acceptors (Lipinski definition) is 6. The molecule has 0 aliphatic carbocycles. The van der Waals surface area contributed by atoms with Gasteiger partial charge in [-0.2, -0.15) is 5.10 Å². The van der Waals surface area contributed by atoms with Crippen molar-refractivity contribution >= 4 is 17.7 Å². The number of nitrogens with zero attached hydrogens (tertiary/aromatic N) is 4. The Bertz CT molecular complexity index is 1030. The zero-order valence-corrected chi connectivity index (χ0v) is 16.7. The molecule has 1 atom stereocenters. The van der Waals surface area contributed by atoms with E-state index in [2.05, 4.69) is 57.7 Å². The van der Waals surface area contributed by atoms with Crippen LogP contribution in [0, 0.1) is 6.92 Å². The number of ether oxygens (including phenoxy) is 1. The van der Waals surface area contributed by atoms with Crippen molar-refractivity contribution in [2.75, 3.05) is 11.9 Å². The monoisotopic (exact) mass is 392 g/mol. The highest BCUT2D eigenvalue weighted by Crippen LogP contribution is 2.26. The van der Waals surface area contributed by atoms with E-state index in [0.717, 1.165) is 28.1 Å². The highest BCUT2D eigenvalue weighted by molar-refractivity contribution is 5.70. The minimum atomic E-state index is -0.375. The van der Waals surface area contributed by atoms with Gasteiger partial charge in [0.25, 0.3) is 0 Å². The van der Waals surface area contributed by atoms with Gasteiger partial charge in [0.2, 0.25) is 5.95 Å². The van der Waals surface area contributed by atoms with Gasteiger partial charge >= 0.3 is 6.09 Å². The van der Waals surface area contributed by atoms with E-state index in [9.17, 15) is 4.79 Å². The molecule has 1 amide bonds. The molecule has 3 heterocycles. The number of nitrogens with one attached hydrogen (secondary N) is 2. The zero-order chi connectivity index (χ0) is 20.4. The molecule has 2 aromatic heterocycles. The molecule has 29 heavy (non-hydrogen) atoms. The summed E-state index contributed by atoms with van der Waals surface area (Å²) in [6, 6.07) is 8.15. The molecule has 2 N–H and O–H groups in total. The van der Waals surface area contributed by atoms with Crippen LogP contribution in [0.5, 0.6) is 0 Å². The molecule has 1 aromatic carbocycles. The second-order valence-electron chi connectivity index (χ2n) is 7.53. The lowest BCUT2D eigenvalue weighted by molar-refractivity contribution is 0.129. The number of benzene rings is 1. The summed E-state index contributed by atoms with van der Waals surface area (Å²) in [5.74, 6) is 0.922. The lowest BCUT2D eigenvalue weighted by Crippen LogP contribution is -2.20. The number of aromatic nitrogens is 4. The molecule has 1 saturated heterocycles. The molecule has 0 spiro atoms. The predicted octanol–water partition coefficient (Wildman–Crippen LogP) is 3.62. The Morgan fingerprint density at radius 1 is 1.31 bits per heavy atom. The molecule has 8 nitrogen and oxygen atoms in total. The van der Waals surface area contributed by atoms with Crippen molar-refractivity contribution in [3.8, 4) is 11.1 Å². The van der Waals surface area contributed by atoms with Crippen LogP contribution >= 0.6 is 0 Å².